The topological polar surface area (TPSA) is 121 Å². The molecule has 0 bridgehead atoms. The van der Waals surface area contributed by atoms with Gasteiger partial charge in [-0.3, -0.25) is 19.9 Å². The quantitative estimate of drug-likeness (QED) is 0.375. The molecule has 3 rings (SSSR count). The Bertz CT molecular complexity index is 1160. The van der Waals surface area contributed by atoms with Crippen molar-refractivity contribution < 1.29 is 24.0 Å². The van der Waals surface area contributed by atoms with Gasteiger partial charge in [0.1, 0.15) is 5.75 Å². The number of rotatable bonds is 6. The van der Waals surface area contributed by atoms with Gasteiger partial charge < -0.3 is 14.8 Å². The van der Waals surface area contributed by atoms with E-state index in [-0.39, 0.29) is 16.9 Å². The zero-order chi connectivity index (χ0) is 21.8. The summed E-state index contributed by atoms with van der Waals surface area (Å²) >= 11 is 0. The van der Waals surface area contributed by atoms with E-state index in [1.54, 1.807) is 38.3 Å². The minimum atomic E-state index is -0.691. The number of nitro groups is 1. The number of carbonyl (C=O) groups is 2. The molecule has 154 valence electrons. The van der Waals surface area contributed by atoms with Gasteiger partial charge in [-0.05, 0) is 38.1 Å². The highest BCUT2D eigenvalue weighted by molar-refractivity contribution is 5.98. The van der Waals surface area contributed by atoms with Crippen molar-refractivity contribution in [2.75, 3.05) is 19.0 Å². The molecule has 0 radical (unpaired) electrons. The molecule has 1 heterocycles. The van der Waals surface area contributed by atoms with Gasteiger partial charge in [0, 0.05) is 17.5 Å². The van der Waals surface area contributed by atoms with Gasteiger partial charge >= 0.3 is 5.97 Å². The molecule has 0 saturated heterocycles. The number of methoxy groups -OCH3 is 1. The minimum Gasteiger partial charge on any atom is -0.497 e. The molecule has 0 fully saturated rings. The van der Waals surface area contributed by atoms with Crippen LogP contribution < -0.4 is 10.1 Å². The predicted molar refractivity (Wildman–Crippen MR) is 110 cm³/mol. The van der Waals surface area contributed by atoms with Gasteiger partial charge in [0.05, 0.1) is 40.1 Å². The standard InChI is InChI=1S/C21H19N3O6/c1-12-17(5-4-6-19(12)24(27)28)23-20(25)11-30-21(26)16-9-14-7-8-15(29-3)10-18(14)22-13(16)2/h4-10H,11H2,1-3H3,(H,23,25). The van der Waals surface area contributed by atoms with E-state index >= 15 is 0 Å². The van der Waals surface area contributed by atoms with Crippen LogP contribution in [0.4, 0.5) is 11.4 Å². The Balaban J connectivity index is 1.70. The highest BCUT2D eigenvalue weighted by atomic mass is 16.6. The van der Waals surface area contributed by atoms with Crippen LogP contribution in [-0.2, 0) is 9.53 Å². The molecular formula is C21H19N3O6. The Hall–Kier alpha value is -4.01. The molecule has 0 aliphatic rings. The van der Waals surface area contributed by atoms with E-state index in [2.05, 4.69) is 10.3 Å². The Labute approximate surface area is 171 Å². The summed E-state index contributed by atoms with van der Waals surface area (Å²) < 4.78 is 10.3. The van der Waals surface area contributed by atoms with E-state index in [9.17, 15) is 19.7 Å². The summed E-state index contributed by atoms with van der Waals surface area (Å²) in [5.74, 6) is -0.649. The van der Waals surface area contributed by atoms with Crippen LogP contribution in [0, 0.1) is 24.0 Å². The van der Waals surface area contributed by atoms with Crippen LogP contribution in [0.1, 0.15) is 21.6 Å². The van der Waals surface area contributed by atoms with Gasteiger partial charge in [-0.15, -0.1) is 0 Å². The van der Waals surface area contributed by atoms with Crippen molar-refractivity contribution in [3.8, 4) is 5.75 Å². The smallest absolute Gasteiger partial charge is 0.340 e. The fourth-order valence-electron chi connectivity index (χ4n) is 2.93. The first kappa shape index (κ1) is 20.7. The number of nitrogens with zero attached hydrogens (tertiary/aromatic N) is 2. The molecule has 9 heteroatoms. The summed E-state index contributed by atoms with van der Waals surface area (Å²) in [6.45, 7) is 2.65. The van der Waals surface area contributed by atoms with E-state index in [1.807, 2.05) is 0 Å². The third-order valence-electron chi connectivity index (χ3n) is 4.55. The van der Waals surface area contributed by atoms with Gasteiger partial charge in [-0.2, -0.15) is 0 Å². The fourth-order valence-corrected chi connectivity index (χ4v) is 2.93. The average molecular weight is 409 g/mol. The molecule has 30 heavy (non-hydrogen) atoms. The van der Waals surface area contributed by atoms with Crippen molar-refractivity contribution in [1.29, 1.82) is 0 Å². The van der Waals surface area contributed by atoms with Crippen LogP contribution in [0.5, 0.6) is 5.75 Å². The summed E-state index contributed by atoms with van der Waals surface area (Å²) in [7, 11) is 1.56. The molecule has 3 aromatic rings. The molecule has 0 unspecified atom stereocenters. The van der Waals surface area contributed by atoms with Crippen molar-refractivity contribution in [3.05, 3.63) is 69.4 Å². The summed E-state index contributed by atoms with van der Waals surface area (Å²) in [4.78, 5) is 39.5. The SMILES string of the molecule is COc1ccc2cc(C(=O)OCC(=O)Nc3cccc([N+](=O)[O-])c3C)c(C)nc2c1. The largest absolute Gasteiger partial charge is 0.497 e. The fraction of sp³-hybridized carbons (Fsp3) is 0.190. The molecular weight excluding hydrogens is 390 g/mol. The maximum atomic E-state index is 12.4. The first-order valence-corrected chi connectivity index (χ1v) is 8.96. The maximum Gasteiger partial charge on any atom is 0.340 e. The molecule has 0 aliphatic heterocycles. The number of fused-ring (bicyclic) bond motifs is 1. The third kappa shape index (κ3) is 4.35. The Morgan fingerprint density at radius 1 is 1.17 bits per heavy atom. The van der Waals surface area contributed by atoms with Crippen LogP contribution >= 0.6 is 0 Å². The van der Waals surface area contributed by atoms with E-state index in [4.69, 9.17) is 9.47 Å². The number of hydrogen-bond acceptors (Lipinski definition) is 7. The zero-order valence-corrected chi connectivity index (χ0v) is 16.6. The second-order valence-corrected chi connectivity index (χ2v) is 6.51. The van der Waals surface area contributed by atoms with Gasteiger partial charge in [-0.1, -0.05) is 6.07 Å². The molecule has 0 atom stereocenters. The molecule has 1 N–H and O–H groups in total. The van der Waals surface area contributed by atoms with Crippen molar-refractivity contribution in [1.82, 2.24) is 4.98 Å². The first-order chi connectivity index (χ1) is 14.3. The van der Waals surface area contributed by atoms with Crippen LogP contribution in [0.2, 0.25) is 0 Å². The molecule has 1 aromatic heterocycles. The third-order valence-corrected chi connectivity index (χ3v) is 4.55. The molecule has 0 aliphatic carbocycles. The van der Waals surface area contributed by atoms with E-state index in [0.29, 0.717) is 22.5 Å². The number of anilines is 1. The number of benzene rings is 2. The predicted octanol–water partition coefficient (Wildman–Crippen LogP) is 3.56. The van der Waals surface area contributed by atoms with Crippen LogP contribution in [0.15, 0.2) is 42.5 Å². The van der Waals surface area contributed by atoms with Crippen LogP contribution in [-0.4, -0.2) is 35.5 Å². The van der Waals surface area contributed by atoms with Crippen LogP contribution in [0.3, 0.4) is 0 Å². The number of amides is 1. The molecule has 1 amide bonds. The van der Waals surface area contributed by atoms with E-state index in [0.717, 1.165) is 5.39 Å². The number of aryl methyl sites for hydroxylation is 1. The van der Waals surface area contributed by atoms with Gasteiger partial charge in [0.15, 0.2) is 6.61 Å². The van der Waals surface area contributed by atoms with Crippen molar-refractivity contribution in [3.63, 3.8) is 0 Å². The Morgan fingerprint density at radius 2 is 1.93 bits per heavy atom. The molecule has 2 aromatic carbocycles. The van der Waals surface area contributed by atoms with Gasteiger partial charge in [-0.25, -0.2) is 4.79 Å². The minimum absolute atomic E-state index is 0.112. The van der Waals surface area contributed by atoms with Gasteiger partial charge in [0.25, 0.3) is 11.6 Å². The Morgan fingerprint density at radius 3 is 2.63 bits per heavy atom. The van der Waals surface area contributed by atoms with Crippen LogP contribution in [0.25, 0.3) is 10.9 Å². The van der Waals surface area contributed by atoms with E-state index in [1.165, 1.54) is 25.1 Å². The number of carbonyl (C=O) groups excluding carboxylic acids is 2. The molecule has 9 nitrogen and oxygen atoms in total. The lowest BCUT2D eigenvalue weighted by molar-refractivity contribution is -0.385. The van der Waals surface area contributed by atoms with Gasteiger partial charge in [0.2, 0.25) is 0 Å². The highest BCUT2D eigenvalue weighted by Gasteiger charge is 2.18. The van der Waals surface area contributed by atoms with E-state index < -0.39 is 23.4 Å². The number of aromatic nitrogens is 1. The molecule has 0 spiro atoms. The van der Waals surface area contributed by atoms with Crippen molar-refractivity contribution >= 4 is 34.2 Å². The van der Waals surface area contributed by atoms with Crippen molar-refractivity contribution in [2.24, 2.45) is 0 Å². The molecule has 0 saturated carbocycles. The summed E-state index contributed by atoms with van der Waals surface area (Å²) in [6, 6.07) is 11.3. The number of esters is 1. The maximum absolute atomic E-state index is 12.4. The van der Waals surface area contributed by atoms with Crippen molar-refractivity contribution in [2.45, 2.75) is 13.8 Å². The zero-order valence-electron chi connectivity index (χ0n) is 16.6. The average Bonchev–Trinajstić information content (AvgIpc) is 2.72. The second kappa shape index (κ2) is 8.56. The Kier molecular flexibility index (Phi) is 5.91. The summed E-state index contributed by atoms with van der Waals surface area (Å²) in [5.41, 5.74) is 1.85. The number of pyridine rings is 1. The summed E-state index contributed by atoms with van der Waals surface area (Å²) in [6.07, 6.45) is 0. The number of nitro benzene ring substituents is 1. The first-order valence-electron chi connectivity index (χ1n) is 8.96. The lowest BCUT2D eigenvalue weighted by Crippen LogP contribution is -2.22. The number of hydrogen-bond donors (Lipinski definition) is 1. The summed E-state index contributed by atoms with van der Waals surface area (Å²) in [5, 5.41) is 14.2. The second-order valence-electron chi connectivity index (χ2n) is 6.51. The monoisotopic (exact) mass is 409 g/mol. The lowest BCUT2D eigenvalue weighted by atomic mass is 10.1. The normalized spacial score (nSPS) is 10.5. The number of ether oxygens (including phenoxy) is 2. The lowest BCUT2D eigenvalue weighted by Gasteiger charge is -2.10. The highest BCUT2D eigenvalue weighted by Crippen LogP contribution is 2.25. The number of nitrogens with one attached hydrogen (secondary N) is 1.